The molecule has 1 heterocycles. The van der Waals surface area contributed by atoms with Gasteiger partial charge in [0, 0.05) is 6.07 Å². The van der Waals surface area contributed by atoms with Crippen LogP contribution in [0.3, 0.4) is 0 Å². The first-order valence-electron chi connectivity index (χ1n) is 5.87. The molecule has 0 saturated heterocycles. The third-order valence-corrected chi connectivity index (χ3v) is 3.67. The van der Waals surface area contributed by atoms with Crippen molar-refractivity contribution in [3.8, 4) is 5.69 Å². The second-order valence-electron chi connectivity index (χ2n) is 4.52. The number of rotatable bonds is 1. The molecule has 0 aliphatic rings. The van der Waals surface area contributed by atoms with Crippen LogP contribution in [0.15, 0.2) is 34.8 Å². The zero-order valence-electron chi connectivity index (χ0n) is 10.5. The van der Waals surface area contributed by atoms with Crippen molar-refractivity contribution in [3.63, 3.8) is 0 Å². The molecule has 0 bridgehead atoms. The summed E-state index contributed by atoms with van der Waals surface area (Å²) in [6.07, 6.45) is 0. The SMILES string of the molecule is Cc1ccc(-n2c(N)nc3cc(Br)c(F)cc32)c(F)c1. The predicted molar refractivity (Wildman–Crippen MR) is 77.8 cm³/mol. The molecule has 0 atom stereocenters. The fraction of sp³-hybridized carbons (Fsp3) is 0.0714. The molecule has 2 N–H and O–H groups in total. The molecule has 0 fully saturated rings. The van der Waals surface area contributed by atoms with Crippen molar-refractivity contribution in [3.05, 3.63) is 52.0 Å². The summed E-state index contributed by atoms with van der Waals surface area (Å²) >= 11 is 3.09. The van der Waals surface area contributed by atoms with E-state index in [4.69, 9.17) is 5.73 Å². The predicted octanol–water partition coefficient (Wildman–Crippen LogP) is 3.96. The van der Waals surface area contributed by atoms with Gasteiger partial charge in [-0.05, 0) is 46.6 Å². The highest BCUT2D eigenvalue weighted by Gasteiger charge is 2.15. The van der Waals surface area contributed by atoms with Gasteiger partial charge in [0.15, 0.2) is 0 Å². The Morgan fingerprint density at radius 1 is 1.15 bits per heavy atom. The second-order valence-corrected chi connectivity index (χ2v) is 5.37. The highest BCUT2D eigenvalue weighted by molar-refractivity contribution is 9.10. The molecular weight excluding hydrogens is 328 g/mol. The Labute approximate surface area is 122 Å². The quantitative estimate of drug-likeness (QED) is 0.730. The maximum absolute atomic E-state index is 14.1. The first-order valence-corrected chi connectivity index (χ1v) is 6.66. The summed E-state index contributed by atoms with van der Waals surface area (Å²) < 4.78 is 29.5. The first-order chi connectivity index (χ1) is 9.47. The van der Waals surface area contributed by atoms with Gasteiger partial charge in [0.1, 0.15) is 11.6 Å². The van der Waals surface area contributed by atoms with Crippen molar-refractivity contribution in [1.82, 2.24) is 9.55 Å². The summed E-state index contributed by atoms with van der Waals surface area (Å²) in [4.78, 5) is 4.13. The van der Waals surface area contributed by atoms with E-state index in [2.05, 4.69) is 20.9 Å². The van der Waals surface area contributed by atoms with Crippen molar-refractivity contribution < 1.29 is 8.78 Å². The molecule has 0 unspecified atom stereocenters. The Bertz CT molecular complexity index is 827. The van der Waals surface area contributed by atoms with Crippen LogP contribution in [0.1, 0.15) is 5.56 Å². The van der Waals surface area contributed by atoms with Gasteiger partial charge in [0.25, 0.3) is 0 Å². The van der Waals surface area contributed by atoms with Gasteiger partial charge in [-0.3, -0.25) is 4.57 Å². The van der Waals surface area contributed by atoms with E-state index < -0.39 is 11.6 Å². The van der Waals surface area contributed by atoms with Crippen molar-refractivity contribution >= 4 is 32.9 Å². The molecular formula is C14H10BrF2N3. The molecule has 102 valence electrons. The van der Waals surface area contributed by atoms with Gasteiger partial charge in [0.2, 0.25) is 5.95 Å². The molecule has 1 aromatic heterocycles. The van der Waals surface area contributed by atoms with Gasteiger partial charge < -0.3 is 5.73 Å². The van der Waals surface area contributed by atoms with Gasteiger partial charge in [-0.15, -0.1) is 0 Å². The lowest BCUT2D eigenvalue weighted by Crippen LogP contribution is -2.03. The Kier molecular flexibility index (Phi) is 2.97. The molecule has 2 aromatic carbocycles. The van der Waals surface area contributed by atoms with Crippen molar-refractivity contribution in [2.24, 2.45) is 0 Å². The normalized spacial score (nSPS) is 11.2. The number of fused-ring (bicyclic) bond motifs is 1. The molecule has 0 aliphatic heterocycles. The number of aryl methyl sites for hydroxylation is 1. The molecule has 3 nitrogen and oxygen atoms in total. The third kappa shape index (κ3) is 1.96. The largest absolute Gasteiger partial charge is 0.369 e. The molecule has 0 radical (unpaired) electrons. The van der Waals surface area contributed by atoms with Gasteiger partial charge in [-0.1, -0.05) is 6.07 Å². The zero-order valence-corrected chi connectivity index (χ0v) is 12.1. The third-order valence-electron chi connectivity index (χ3n) is 3.07. The van der Waals surface area contributed by atoms with Crippen LogP contribution in [-0.4, -0.2) is 9.55 Å². The standard InChI is InChI=1S/C14H10BrF2N3/c1-7-2-3-12(10(17)4-7)20-13-6-9(16)8(15)5-11(13)19-14(20)18/h2-6H,1H3,(H2,18,19). The minimum atomic E-state index is -0.453. The van der Waals surface area contributed by atoms with Crippen LogP contribution >= 0.6 is 15.9 Å². The van der Waals surface area contributed by atoms with Crippen LogP contribution in [0.25, 0.3) is 16.7 Å². The van der Waals surface area contributed by atoms with Crippen LogP contribution in [-0.2, 0) is 0 Å². The van der Waals surface area contributed by atoms with Crippen LogP contribution in [0, 0.1) is 18.6 Å². The summed E-state index contributed by atoms with van der Waals surface area (Å²) in [5, 5.41) is 0. The van der Waals surface area contributed by atoms with Gasteiger partial charge in [0.05, 0.1) is 21.2 Å². The number of imidazole rings is 1. The van der Waals surface area contributed by atoms with Gasteiger partial charge in [-0.25, -0.2) is 13.8 Å². The highest BCUT2D eigenvalue weighted by atomic mass is 79.9. The number of benzene rings is 2. The summed E-state index contributed by atoms with van der Waals surface area (Å²) in [6, 6.07) is 7.56. The highest BCUT2D eigenvalue weighted by Crippen LogP contribution is 2.29. The number of hydrogen-bond acceptors (Lipinski definition) is 2. The van der Waals surface area contributed by atoms with E-state index in [1.165, 1.54) is 22.8 Å². The number of nitrogen functional groups attached to an aromatic ring is 1. The van der Waals surface area contributed by atoms with Crippen LogP contribution in [0.2, 0.25) is 0 Å². The Balaban J connectivity index is 2.35. The molecule has 0 spiro atoms. The number of nitrogens with two attached hydrogens (primary N) is 1. The van der Waals surface area contributed by atoms with E-state index >= 15 is 0 Å². The maximum atomic E-state index is 14.1. The van der Waals surface area contributed by atoms with E-state index in [-0.39, 0.29) is 11.6 Å². The molecule has 0 aliphatic carbocycles. The second kappa shape index (κ2) is 4.56. The fourth-order valence-electron chi connectivity index (χ4n) is 2.14. The van der Waals surface area contributed by atoms with E-state index in [9.17, 15) is 8.78 Å². The van der Waals surface area contributed by atoms with Crippen LogP contribution in [0.5, 0.6) is 0 Å². The number of aromatic nitrogens is 2. The van der Waals surface area contributed by atoms with Crippen molar-refractivity contribution in [1.29, 1.82) is 0 Å². The van der Waals surface area contributed by atoms with E-state index in [0.717, 1.165) is 5.56 Å². The number of halogens is 3. The van der Waals surface area contributed by atoms with E-state index in [1.54, 1.807) is 19.1 Å². The lowest BCUT2D eigenvalue weighted by atomic mass is 10.2. The van der Waals surface area contributed by atoms with Gasteiger partial charge >= 0.3 is 0 Å². The lowest BCUT2D eigenvalue weighted by molar-refractivity contribution is 0.616. The summed E-state index contributed by atoms with van der Waals surface area (Å²) in [7, 11) is 0. The van der Waals surface area contributed by atoms with E-state index in [0.29, 0.717) is 15.5 Å². The summed E-state index contributed by atoms with van der Waals surface area (Å²) in [6.45, 7) is 1.79. The minimum absolute atomic E-state index is 0.111. The van der Waals surface area contributed by atoms with E-state index in [1.807, 2.05) is 0 Å². The van der Waals surface area contributed by atoms with Crippen molar-refractivity contribution in [2.45, 2.75) is 6.92 Å². The van der Waals surface area contributed by atoms with Crippen LogP contribution < -0.4 is 5.73 Å². The smallest absolute Gasteiger partial charge is 0.206 e. The minimum Gasteiger partial charge on any atom is -0.369 e. The topological polar surface area (TPSA) is 43.8 Å². The maximum Gasteiger partial charge on any atom is 0.206 e. The van der Waals surface area contributed by atoms with Crippen molar-refractivity contribution in [2.75, 3.05) is 5.73 Å². The zero-order chi connectivity index (χ0) is 14.4. The first kappa shape index (κ1) is 13.1. The fourth-order valence-corrected chi connectivity index (χ4v) is 2.47. The summed E-state index contributed by atoms with van der Waals surface area (Å²) in [5.74, 6) is -0.772. The molecule has 6 heteroatoms. The Hall–Kier alpha value is -1.95. The Morgan fingerprint density at radius 3 is 2.60 bits per heavy atom. The van der Waals surface area contributed by atoms with Gasteiger partial charge in [-0.2, -0.15) is 0 Å². The number of hydrogen-bond donors (Lipinski definition) is 1. The van der Waals surface area contributed by atoms with Crippen LogP contribution in [0.4, 0.5) is 14.7 Å². The average molecular weight is 338 g/mol. The number of anilines is 1. The average Bonchev–Trinajstić information content (AvgIpc) is 2.66. The lowest BCUT2D eigenvalue weighted by Gasteiger charge is -2.08. The monoisotopic (exact) mass is 337 g/mol. The Morgan fingerprint density at radius 2 is 1.90 bits per heavy atom. The molecule has 0 saturated carbocycles. The molecule has 20 heavy (non-hydrogen) atoms. The molecule has 3 rings (SSSR count). The summed E-state index contributed by atoms with van der Waals surface area (Å²) in [5.41, 5.74) is 7.80. The molecule has 3 aromatic rings. The number of nitrogens with zero attached hydrogens (tertiary/aromatic N) is 2. The molecule has 0 amide bonds.